The van der Waals surface area contributed by atoms with Gasteiger partial charge in [-0.15, -0.1) is 0 Å². The molecular weight excluding hydrogens is 311 g/mol. The fourth-order valence-corrected chi connectivity index (χ4v) is 2.47. The summed E-state index contributed by atoms with van der Waals surface area (Å²) in [6.07, 6.45) is 0. The summed E-state index contributed by atoms with van der Waals surface area (Å²) in [5, 5.41) is 9.45. The van der Waals surface area contributed by atoms with E-state index in [1.165, 1.54) is 24.3 Å². The number of nitrogens with zero attached hydrogens (tertiary/aromatic N) is 1. The molecule has 0 saturated heterocycles. The molecule has 1 aliphatic rings. The molecule has 0 bridgehead atoms. The molecule has 0 spiro atoms. The molecule has 2 rings (SSSR count). The lowest BCUT2D eigenvalue weighted by atomic mass is 9.83. The molecule has 1 heterocycles. The van der Waals surface area contributed by atoms with Crippen molar-refractivity contribution in [2.45, 2.75) is 39.2 Å². The Morgan fingerprint density at radius 3 is 2.42 bits per heavy atom. The number of hydrogen-bond donors (Lipinski definition) is 1. The van der Waals surface area contributed by atoms with Crippen LogP contribution in [0.25, 0.3) is 0 Å². The predicted molar refractivity (Wildman–Crippen MR) is 85.6 cm³/mol. The van der Waals surface area contributed by atoms with Crippen LogP contribution >= 0.6 is 0 Å². The second-order valence-corrected chi connectivity index (χ2v) is 6.45. The van der Waals surface area contributed by atoms with Crippen LogP contribution in [-0.4, -0.2) is 11.6 Å². The summed E-state index contributed by atoms with van der Waals surface area (Å²) < 4.78 is 24.0. The molecule has 6 heteroatoms. The molecule has 1 atom stereocenters. The van der Waals surface area contributed by atoms with E-state index in [4.69, 9.17) is 15.2 Å². The summed E-state index contributed by atoms with van der Waals surface area (Å²) in [6.45, 7) is 6.81. The first-order valence-corrected chi connectivity index (χ1v) is 7.41. The Hall–Kier alpha value is -2.81. The molecule has 1 aromatic carbocycles. The first kappa shape index (κ1) is 17.5. The van der Waals surface area contributed by atoms with Crippen LogP contribution in [0.1, 0.15) is 39.2 Å². The minimum Gasteiger partial charge on any atom is -0.456 e. The van der Waals surface area contributed by atoms with Crippen molar-refractivity contribution in [1.29, 1.82) is 5.26 Å². The SMILES string of the molecule is CC1=C(C(=O)OC(C)(C)C)[C@@H](c2ccc(F)cc2)C(C#N)=C(N)O1. The summed E-state index contributed by atoms with van der Waals surface area (Å²) in [5.74, 6) is -1.60. The smallest absolute Gasteiger partial charge is 0.338 e. The third-order valence-electron chi connectivity index (χ3n) is 3.43. The van der Waals surface area contributed by atoms with Gasteiger partial charge in [-0.3, -0.25) is 0 Å². The Bertz CT molecular complexity index is 765. The number of nitriles is 1. The molecule has 0 amide bonds. The summed E-state index contributed by atoms with van der Waals surface area (Å²) in [4.78, 5) is 12.6. The van der Waals surface area contributed by atoms with Gasteiger partial charge in [-0.2, -0.15) is 5.26 Å². The minimum absolute atomic E-state index is 0.0726. The van der Waals surface area contributed by atoms with E-state index in [1.54, 1.807) is 27.7 Å². The first-order valence-electron chi connectivity index (χ1n) is 7.41. The zero-order valence-electron chi connectivity index (χ0n) is 14.0. The van der Waals surface area contributed by atoms with Gasteiger partial charge in [0.15, 0.2) is 0 Å². The molecule has 0 aromatic heterocycles. The Morgan fingerprint density at radius 2 is 1.92 bits per heavy atom. The fourth-order valence-electron chi connectivity index (χ4n) is 2.47. The van der Waals surface area contributed by atoms with Gasteiger partial charge in [-0.05, 0) is 45.4 Å². The fraction of sp³-hybridized carbons (Fsp3) is 0.333. The standard InChI is InChI=1S/C18H19FN2O3/c1-10-14(17(22)24-18(2,3)4)15(13(9-20)16(21)23-10)11-5-7-12(19)8-6-11/h5-8,15H,21H2,1-4H3/t15-/m0/s1. The van der Waals surface area contributed by atoms with Crippen LogP contribution in [-0.2, 0) is 14.3 Å². The van der Waals surface area contributed by atoms with Crippen LogP contribution < -0.4 is 5.73 Å². The van der Waals surface area contributed by atoms with Gasteiger partial charge >= 0.3 is 5.97 Å². The highest BCUT2D eigenvalue weighted by atomic mass is 19.1. The first-order chi connectivity index (χ1) is 11.1. The van der Waals surface area contributed by atoms with E-state index in [0.29, 0.717) is 5.56 Å². The highest BCUT2D eigenvalue weighted by Crippen LogP contribution is 2.40. The number of allylic oxidation sites excluding steroid dienone is 2. The van der Waals surface area contributed by atoms with Crippen LogP contribution in [0, 0.1) is 17.1 Å². The Labute approximate surface area is 140 Å². The molecule has 0 saturated carbocycles. The maximum atomic E-state index is 13.2. The van der Waals surface area contributed by atoms with Crippen molar-refractivity contribution in [1.82, 2.24) is 0 Å². The third-order valence-corrected chi connectivity index (χ3v) is 3.43. The van der Waals surface area contributed by atoms with E-state index in [2.05, 4.69) is 0 Å². The molecule has 0 unspecified atom stereocenters. The Kier molecular flexibility index (Phi) is 4.65. The van der Waals surface area contributed by atoms with Crippen LogP contribution in [0.5, 0.6) is 0 Å². The maximum Gasteiger partial charge on any atom is 0.338 e. The monoisotopic (exact) mass is 330 g/mol. The second-order valence-electron chi connectivity index (χ2n) is 6.45. The van der Waals surface area contributed by atoms with Gasteiger partial charge in [-0.1, -0.05) is 12.1 Å². The molecule has 0 aliphatic carbocycles. The van der Waals surface area contributed by atoms with Crippen molar-refractivity contribution in [3.05, 3.63) is 58.4 Å². The molecule has 0 fully saturated rings. The molecule has 5 nitrogen and oxygen atoms in total. The summed E-state index contributed by atoms with van der Waals surface area (Å²) >= 11 is 0. The summed E-state index contributed by atoms with van der Waals surface area (Å²) in [7, 11) is 0. The van der Waals surface area contributed by atoms with Gasteiger partial charge in [-0.25, -0.2) is 9.18 Å². The lowest BCUT2D eigenvalue weighted by Gasteiger charge is -2.29. The molecular formula is C18H19FN2O3. The molecule has 2 N–H and O–H groups in total. The summed E-state index contributed by atoms with van der Waals surface area (Å²) in [5.41, 5.74) is 5.92. The number of rotatable bonds is 2. The summed E-state index contributed by atoms with van der Waals surface area (Å²) in [6, 6.07) is 7.52. The second kappa shape index (κ2) is 6.36. The van der Waals surface area contributed by atoms with Crippen LogP contribution in [0.15, 0.2) is 47.1 Å². The lowest BCUT2D eigenvalue weighted by Crippen LogP contribution is -2.30. The topological polar surface area (TPSA) is 85.3 Å². The number of benzene rings is 1. The minimum atomic E-state index is -0.765. The van der Waals surface area contributed by atoms with Crippen LogP contribution in [0.2, 0.25) is 0 Å². The zero-order valence-corrected chi connectivity index (χ0v) is 14.0. The molecule has 24 heavy (non-hydrogen) atoms. The number of carbonyl (C=O) groups is 1. The molecule has 0 radical (unpaired) electrons. The largest absolute Gasteiger partial charge is 0.456 e. The third kappa shape index (κ3) is 3.57. The average molecular weight is 330 g/mol. The lowest BCUT2D eigenvalue weighted by molar-refractivity contribution is -0.150. The van der Waals surface area contributed by atoms with E-state index in [0.717, 1.165) is 0 Å². The number of esters is 1. The quantitative estimate of drug-likeness (QED) is 0.841. The van der Waals surface area contributed by atoms with Gasteiger partial charge < -0.3 is 15.2 Å². The van der Waals surface area contributed by atoms with Gasteiger partial charge in [0, 0.05) is 0 Å². The number of nitrogens with two attached hydrogens (primary N) is 1. The number of ether oxygens (including phenoxy) is 2. The van der Waals surface area contributed by atoms with Crippen molar-refractivity contribution in [2.24, 2.45) is 5.73 Å². The van der Waals surface area contributed by atoms with Crippen molar-refractivity contribution in [3.8, 4) is 6.07 Å². The Morgan fingerprint density at radius 1 is 1.33 bits per heavy atom. The number of hydrogen-bond acceptors (Lipinski definition) is 5. The number of carbonyl (C=O) groups excluding carboxylic acids is 1. The highest BCUT2D eigenvalue weighted by molar-refractivity contribution is 5.92. The van der Waals surface area contributed by atoms with E-state index < -0.39 is 23.3 Å². The van der Waals surface area contributed by atoms with Crippen molar-refractivity contribution in [2.75, 3.05) is 0 Å². The number of halogens is 1. The van der Waals surface area contributed by atoms with E-state index in [9.17, 15) is 14.4 Å². The maximum absolute atomic E-state index is 13.2. The van der Waals surface area contributed by atoms with Crippen molar-refractivity contribution in [3.63, 3.8) is 0 Å². The molecule has 126 valence electrons. The van der Waals surface area contributed by atoms with Crippen LogP contribution in [0.3, 0.4) is 0 Å². The van der Waals surface area contributed by atoms with Crippen LogP contribution in [0.4, 0.5) is 4.39 Å². The van der Waals surface area contributed by atoms with E-state index in [1.807, 2.05) is 6.07 Å². The van der Waals surface area contributed by atoms with Gasteiger partial charge in [0.05, 0.1) is 11.5 Å². The molecule has 1 aliphatic heterocycles. The zero-order chi connectivity index (χ0) is 18.1. The van der Waals surface area contributed by atoms with E-state index >= 15 is 0 Å². The van der Waals surface area contributed by atoms with Gasteiger partial charge in [0.2, 0.25) is 5.88 Å². The van der Waals surface area contributed by atoms with Crippen molar-refractivity contribution >= 4 is 5.97 Å². The van der Waals surface area contributed by atoms with E-state index in [-0.39, 0.29) is 22.8 Å². The Balaban J connectivity index is 2.57. The van der Waals surface area contributed by atoms with Gasteiger partial charge in [0.1, 0.15) is 28.8 Å². The van der Waals surface area contributed by atoms with Crippen molar-refractivity contribution < 1.29 is 18.7 Å². The highest BCUT2D eigenvalue weighted by Gasteiger charge is 2.37. The average Bonchev–Trinajstić information content (AvgIpc) is 2.45. The normalized spacial score (nSPS) is 18.1. The predicted octanol–water partition coefficient (Wildman–Crippen LogP) is 3.25. The molecule has 1 aromatic rings. The van der Waals surface area contributed by atoms with Gasteiger partial charge in [0.25, 0.3) is 0 Å².